The minimum absolute atomic E-state index is 0.231. The Hall–Kier alpha value is -1.43. The number of aromatic nitrogens is 2. The van der Waals surface area contributed by atoms with Crippen molar-refractivity contribution < 1.29 is 9.32 Å². The van der Waals surface area contributed by atoms with E-state index in [1.54, 1.807) is 6.92 Å². The van der Waals surface area contributed by atoms with E-state index in [0.717, 1.165) is 38.4 Å². The minimum atomic E-state index is -0.306. The first-order valence-electron chi connectivity index (χ1n) is 7.17. The molecular formula is C14H24N4O2. The van der Waals surface area contributed by atoms with E-state index in [1.165, 1.54) is 0 Å². The average molecular weight is 280 g/mol. The SMILES string of the molecule is Cc1nc(CN2CCCN(C(=O)C(C)(C)C)CC2)no1. The van der Waals surface area contributed by atoms with Crippen molar-refractivity contribution in [2.75, 3.05) is 26.2 Å². The van der Waals surface area contributed by atoms with E-state index in [9.17, 15) is 4.79 Å². The molecule has 6 nitrogen and oxygen atoms in total. The fourth-order valence-electron chi connectivity index (χ4n) is 2.41. The van der Waals surface area contributed by atoms with Crippen LogP contribution in [0.4, 0.5) is 0 Å². The monoisotopic (exact) mass is 280 g/mol. The number of hydrogen-bond acceptors (Lipinski definition) is 5. The molecule has 0 spiro atoms. The van der Waals surface area contributed by atoms with Crippen LogP contribution in [0.2, 0.25) is 0 Å². The van der Waals surface area contributed by atoms with Gasteiger partial charge in [-0.05, 0) is 6.42 Å². The van der Waals surface area contributed by atoms with Crippen LogP contribution >= 0.6 is 0 Å². The molecule has 1 fully saturated rings. The lowest BCUT2D eigenvalue weighted by atomic mass is 9.94. The second-order valence-electron chi connectivity index (χ2n) is 6.40. The van der Waals surface area contributed by atoms with Crippen LogP contribution < -0.4 is 0 Å². The van der Waals surface area contributed by atoms with Gasteiger partial charge in [-0.3, -0.25) is 9.69 Å². The van der Waals surface area contributed by atoms with E-state index >= 15 is 0 Å². The van der Waals surface area contributed by atoms with Gasteiger partial charge in [0.15, 0.2) is 5.82 Å². The molecule has 0 radical (unpaired) electrons. The number of carbonyl (C=O) groups is 1. The van der Waals surface area contributed by atoms with E-state index in [1.807, 2.05) is 25.7 Å². The van der Waals surface area contributed by atoms with Gasteiger partial charge >= 0.3 is 0 Å². The van der Waals surface area contributed by atoms with Gasteiger partial charge in [-0.2, -0.15) is 4.98 Å². The first-order valence-corrected chi connectivity index (χ1v) is 7.17. The Bertz CT molecular complexity index is 464. The summed E-state index contributed by atoms with van der Waals surface area (Å²) in [6.07, 6.45) is 0.985. The van der Waals surface area contributed by atoms with E-state index in [0.29, 0.717) is 12.4 Å². The molecule has 0 aliphatic carbocycles. The molecule has 20 heavy (non-hydrogen) atoms. The highest BCUT2D eigenvalue weighted by molar-refractivity contribution is 5.81. The largest absolute Gasteiger partial charge is 0.341 e. The summed E-state index contributed by atoms with van der Waals surface area (Å²) in [7, 11) is 0. The van der Waals surface area contributed by atoms with Gasteiger partial charge in [0.1, 0.15) is 0 Å². The molecule has 0 unspecified atom stereocenters. The van der Waals surface area contributed by atoms with Gasteiger partial charge in [-0.15, -0.1) is 0 Å². The zero-order chi connectivity index (χ0) is 14.8. The first kappa shape index (κ1) is 15.0. The zero-order valence-corrected chi connectivity index (χ0v) is 12.8. The average Bonchev–Trinajstić information content (AvgIpc) is 2.62. The third-order valence-electron chi connectivity index (χ3n) is 3.45. The van der Waals surface area contributed by atoms with Crippen LogP contribution in [0.3, 0.4) is 0 Å². The fraction of sp³-hybridized carbons (Fsp3) is 0.786. The normalized spacial score (nSPS) is 18.1. The Morgan fingerprint density at radius 1 is 1.25 bits per heavy atom. The molecule has 0 bridgehead atoms. The number of hydrogen-bond donors (Lipinski definition) is 0. The maximum Gasteiger partial charge on any atom is 0.227 e. The van der Waals surface area contributed by atoms with Crippen LogP contribution in [0.25, 0.3) is 0 Å². The van der Waals surface area contributed by atoms with E-state index < -0.39 is 0 Å². The highest BCUT2D eigenvalue weighted by Crippen LogP contribution is 2.19. The van der Waals surface area contributed by atoms with Crippen LogP contribution in [-0.2, 0) is 11.3 Å². The number of rotatable bonds is 2. The summed E-state index contributed by atoms with van der Waals surface area (Å²) < 4.78 is 4.99. The molecule has 2 heterocycles. The highest BCUT2D eigenvalue weighted by atomic mass is 16.5. The van der Waals surface area contributed by atoms with E-state index in [2.05, 4.69) is 15.0 Å². The molecule has 1 aromatic rings. The van der Waals surface area contributed by atoms with Crippen molar-refractivity contribution in [3.63, 3.8) is 0 Å². The lowest BCUT2D eigenvalue weighted by molar-refractivity contribution is -0.139. The molecule has 0 atom stereocenters. The van der Waals surface area contributed by atoms with Gasteiger partial charge in [0, 0.05) is 38.5 Å². The summed E-state index contributed by atoms with van der Waals surface area (Å²) in [6, 6.07) is 0. The van der Waals surface area contributed by atoms with Crippen molar-refractivity contribution in [3.05, 3.63) is 11.7 Å². The van der Waals surface area contributed by atoms with Crippen LogP contribution in [0.15, 0.2) is 4.52 Å². The van der Waals surface area contributed by atoms with Crippen LogP contribution in [0, 0.1) is 12.3 Å². The van der Waals surface area contributed by atoms with E-state index in [4.69, 9.17) is 4.52 Å². The number of nitrogens with zero attached hydrogens (tertiary/aromatic N) is 4. The second-order valence-corrected chi connectivity index (χ2v) is 6.40. The molecule has 0 N–H and O–H groups in total. The predicted octanol–water partition coefficient (Wildman–Crippen LogP) is 1.46. The summed E-state index contributed by atoms with van der Waals surface area (Å²) in [6.45, 7) is 11.8. The molecular weight excluding hydrogens is 256 g/mol. The van der Waals surface area contributed by atoms with Crippen molar-refractivity contribution in [2.24, 2.45) is 5.41 Å². The summed E-state index contributed by atoms with van der Waals surface area (Å²) in [5.41, 5.74) is -0.306. The molecule has 112 valence electrons. The Morgan fingerprint density at radius 2 is 2.00 bits per heavy atom. The second kappa shape index (κ2) is 5.91. The standard InChI is InChI=1S/C14H24N4O2/c1-11-15-12(16-20-11)10-17-6-5-7-18(9-8-17)13(19)14(2,3)4/h5-10H2,1-4H3. The topological polar surface area (TPSA) is 62.5 Å². The smallest absolute Gasteiger partial charge is 0.227 e. The lowest BCUT2D eigenvalue weighted by Gasteiger charge is -2.28. The summed E-state index contributed by atoms with van der Waals surface area (Å²) in [5, 5.41) is 3.93. The van der Waals surface area contributed by atoms with Gasteiger partial charge in [0.25, 0.3) is 0 Å². The predicted molar refractivity (Wildman–Crippen MR) is 75.0 cm³/mol. The molecule has 1 saturated heterocycles. The van der Waals surface area contributed by atoms with Gasteiger partial charge in [0.2, 0.25) is 11.8 Å². The van der Waals surface area contributed by atoms with Crippen molar-refractivity contribution in [1.82, 2.24) is 19.9 Å². The number of aryl methyl sites for hydroxylation is 1. The van der Waals surface area contributed by atoms with Gasteiger partial charge < -0.3 is 9.42 Å². The molecule has 1 aromatic heterocycles. The minimum Gasteiger partial charge on any atom is -0.341 e. The molecule has 6 heteroatoms. The Labute approximate surface area is 120 Å². The van der Waals surface area contributed by atoms with Crippen molar-refractivity contribution in [3.8, 4) is 0 Å². The van der Waals surface area contributed by atoms with Crippen molar-refractivity contribution in [1.29, 1.82) is 0 Å². The molecule has 1 amide bonds. The lowest BCUT2D eigenvalue weighted by Crippen LogP contribution is -2.41. The molecule has 0 saturated carbocycles. The summed E-state index contributed by atoms with van der Waals surface area (Å²) in [4.78, 5) is 20.8. The van der Waals surface area contributed by atoms with Gasteiger partial charge in [-0.25, -0.2) is 0 Å². The molecule has 1 aliphatic rings. The summed E-state index contributed by atoms with van der Waals surface area (Å²) >= 11 is 0. The Morgan fingerprint density at radius 3 is 2.60 bits per heavy atom. The Kier molecular flexibility index (Phi) is 4.42. The summed E-state index contributed by atoms with van der Waals surface area (Å²) in [5.74, 6) is 1.55. The first-order chi connectivity index (χ1) is 9.36. The fourth-order valence-corrected chi connectivity index (χ4v) is 2.41. The van der Waals surface area contributed by atoms with Crippen LogP contribution in [0.5, 0.6) is 0 Å². The maximum atomic E-state index is 12.3. The van der Waals surface area contributed by atoms with Crippen molar-refractivity contribution >= 4 is 5.91 Å². The molecule has 0 aromatic carbocycles. The van der Waals surface area contributed by atoms with Crippen LogP contribution in [-0.4, -0.2) is 52.0 Å². The highest BCUT2D eigenvalue weighted by Gasteiger charge is 2.28. The van der Waals surface area contributed by atoms with Crippen LogP contribution in [0.1, 0.15) is 38.9 Å². The third-order valence-corrected chi connectivity index (χ3v) is 3.45. The number of amides is 1. The molecule has 1 aliphatic heterocycles. The zero-order valence-electron chi connectivity index (χ0n) is 12.8. The van der Waals surface area contributed by atoms with Gasteiger partial charge in [-0.1, -0.05) is 25.9 Å². The number of carbonyl (C=O) groups excluding carboxylic acids is 1. The Balaban J connectivity index is 1.90. The van der Waals surface area contributed by atoms with Gasteiger partial charge in [0.05, 0.1) is 6.54 Å². The quantitative estimate of drug-likeness (QED) is 0.820. The molecule has 2 rings (SSSR count). The third kappa shape index (κ3) is 3.79. The van der Waals surface area contributed by atoms with E-state index in [-0.39, 0.29) is 11.3 Å². The maximum absolute atomic E-state index is 12.3. The van der Waals surface area contributed by atoms with Crippen molar-refractivity contribution in [2.45, 2.75) is 40.7 Å².